The van der Waals surface area contributed by atoms with Crippen molar-refractivity contribution in [3.8, 4) is 0 Å². The van der Waals surface area contributed by atoms with Crippen LogP contribution in [0.25, 0.3) is 0 Å². The normalized spacial score (nSPS) is 11.7. The third kappa shape index (κ3) is 2.93. The van der Waals surface area contributed by atoms with E-state index in [1.807, 2.05) is 6.92 Å². The lowest BCUT2D eigenvalue weighted by atomic mass is 10.1. The Kier molecular flexibility index (Phi) is 4.06. The molecule has 2 rings (SSSR count). The molecular weight excluding hydrogens is 290 g/mol. The number of aryl methyl sites for hydroxylation is 4. The molecule has 1 heterocycles. The lowest BCUT2D eigenvalue weighted by Crippen LogP contribution is -2.16. The molecule has 21 heavy (non-hydrogen) atoms. The fourth-order valence-electron chi connectivity index (χ4n) is 2.22. The smallest absolute Gasteiger partial charge is 0.262 e. The molecule has 0 bridgehead atoms. The molecule has 1 aromatic heterocycles. The van der Waals surface area contributed by atoms with Gasteiger partial charge in [0.15, 0.2) is 0 Å². The first-order valence-corrected chi connectivity index (χ1v) is 8.00. The summed E-state index contributed by atoms with van der Waals surface area (Å²) in [5, 5.41) is 16.0. The van der Waals surface area contributed by atoms with Gasteiger partial charge in [-0.3, -0.25) is 9.82 Å². The number of anilines is 1. The highest BCUT2D eigenvalue weighted by Crippen LogP contribution is 2.25. The third-order valence-corrected chi connectivity index (χ3v) is 4.95. The van der Waals surface area contributed by atoms with E-state index in [1.54, 1.807) is 26.8 Å². The zero-order valence-electron chi connectivity index (χ0n) is 12.5. The Morgan fingerprint density at radius 1 is 1.19 bits per heavy atom. The minimum atomic E-state index is -3.73. The number of nitrogens with zero attached hydrogens (tertiary/aromatic N) is 1. The van der Waals surface area contributed by atoms with Gasteiger partial charge in [0, 0.05) is 0 Å². The van der Waals surface area contributed by atoms with E-state index in [0.717, 1.165) is 5.56 Å². The van der Waals surface area contributed by atoms with Gasteiger partial charge in [-0.2, -0.15) is 5.10 Å². The molecule has 0 saturated heterocycles. The van der Waals surface area contributed by atoms with E-state index in [0.29, 0.717) is 28.2 Å². The Morgan fingerprint density at radius 2 is 1.86 bits per heavy atom. The summed E-state index contributed by atoms with van der Waals surface area (Å²) in [6, 6.07) is 3.27. The Labute approximate surface area is 124 Å². The Balaban J connectivity index is 2.50. The van der Waals surface area contributed by atoms with E-state index >= 15 is 0 Å². The van der Waals surface area contributed by atoms with Crippen LogP contribution in [0.2, 0.25) is 0 Å². The van der Waals surface area contributed by atoms with Gasteiger partial charge in [0.1, 0.15) is 0 Å². The highest BCUT2D eigenvalue weighted by atomic mass is 32.2. The molecule has 6 nitrogen and oxygen atoms in total. The van der Waals surface area contributed by atoms with E-state index < -0.39 is 10.0 Å². The molecule has 0 spiro atoms. The highest BCUT2D eigenvalue weighted by molar-refractivity contribution is 7.92. The van der Waals surface area contributed by atoms with Crippen molar-refractivity contribution in [2.45, 2.75) is 39.2 Å². The first kappa shape index (κ1) is 15.5. The second-order valence-corrected chi connectivity index (χ2v) is 6.77. The number of hydrogen-bond donors (Lipinski definition) is 3. The van der Waals surface area contributed by atoms with E-state index in [-0.39, 0.29) is 11.5 Å². The minimum Gasteiger partial charge on any atom is -0.392 e. The van der Waals surface area contributed by atoms with Crippen molar-refractivity contribution in [2.24, 2.45) is 0 Å². The van der Waals surface area contributed by atoms with Crippen LogP contribution in [0, 0.1) is 27.7 Å². The molecule has 0 aliphatic heterocycles. The Hall–Kier alpha value is -1.86. The van der Waals surface area contributed by atoms with Gasteiger partial charge in [-0.25, -0.2) is 8.42 Å². The van der Waals surface area contributed by atoms with Crippen LogP contribution in [-0.2, 0) is 16.6 Å². The fourth-order valence-corrected chi connectivity index (χ4v) is 3.68. The predicted octanol–water partition coefficient (Wildman–Crippen LogP) is 1.94. The second kappa shape index (κ2) is 5.50. The Morgan fingerprint density at radius 3 is 2.38 bits per heavy atom. The van der Waals surface area contributed by atoms with E-state index in [1.165, 1.54) is 6.07 Å². The summed E-state index contributed by atoms with van der Waals surface area (Å²) in [6.07, 6.45) is 0. The molecule has 114 valence electrons. The van der Waals surface area contributed by atoms with Crippen molar-refractivity contribution in [3.63, 3.8) is 0 Å². The SMILES string of the molecule is Cc1cc(C)c(S(=O)(=O)Nc2c(C)n[nH]c2C)cc1CO. The molecule has 3 N–H and O–H groups in total. The molecule has 2 aromatic rings. The molecule has 7 heteroatoms. The van der Waals surface area contributed by atoms with Gasteiger partial charge in [-0.1, -0.05) is 6.07 Å². The minimum absolute atomic E-state index is 0.164. The van der Waals surface area contributed by atoms with Crippen molar-refractivity contribution >= 4 is 15.7 Å². The van der Waals surface area contributed by atoms with Crippen LogP contribution >= 0.6 is 0 Å². The van der Waals surface area contributed by atoms with Crippen molar-refractivity contribution in [1.29, 1.82) is 0 Å². The number of rotatable bonds is 4. The predicted molar refractivity (Wildman–Crippen MR) is 80.7 cm³/mol. The van der Waals surface area contributed by atoms with Crippen LogP contribution in [0.3, 0.4) is 0 Å². The summed E-state index contributed by atoms with van der Waals surface area (Å²) >= 11 is 0. The van der Waals surface area contributed by atoms with Crippen LogP contribution < -0.4 is 4.72 Å². The molecule has 0 radical (unpaired) electrons. The molecule has 0 aliphatic carbocycles. The summed E-state index contributed by atoms with van der Waals surface area (Å²) in [5.74, 6) is 0. The number of hydrogen-bond acceptors (Lipinski definition) is 4. The Bertz CT molecular complexity index is 760. The molecule has 0 saturated carbocycles. The highest BCUT2D eigenvalue weighted by Gasteiger charge is 2.21. The van der Waals surface area contributed by atoms with Crippen molar-refractivity contribution in [1.82, 2.24) is 10.2 Å². The number of H-pyrrole nitrogens is 1. The van der Waals surface area contributed by atoms with Crippen LogP contribution in [-0.4, -0.2) is 23.7 Å². The lowest BCUT2D eigenvalue weighted by Gasteiger charge is -2.13. The van der Waals surface area contributed by atoms with Gasteiger partial charge < -0.3 is 5.11 Å². The maximum Gasteiger partial charge on any atom is 0.262 e. The van der Waals surface area contributed by atoms with Gasteiger partial charge in [0.2, 0.25) is 0 Å². The van der Waals surface area contributed by atoms with Crippen LogP contribution in [0.5, 0.6) is 0 Å². The number of nitrogens with one attached hydrogen (secondary N) is 2. The molecule has 0 amide bonds. The van der Waals surface area contributed by atoms with Crippen LogP contribution in [0.15, 0.2) is 17.0 Å². The average molecular weight is 309 g/mol. The maximum absolute atomic E-state index is 12.6. The summed E-state index contributed by atoms with van der Waals surface area (Å²) in [7, 11) is -3.73. The van der Waals surface area contributed by atoms with Gasteiger partial charge >= 0.3 is 0 Å². The van der Waals surface area contributed by atoms with E-state index in [4.69, 9.17) is 0 Å². The summed E-state index contributed by atoms with van der Waals surface area (Å²) in [6.45, 7) is 6.85. The number of aliphatic hydroxyl groups is 1. The monoisotopic (exact) mass is 309 g/mol. The van der Waals surface area contributed by atoms with Gasteiger partial charge in [-0.15, -0.1) is 0 Å². The summed E-state index contributed by atoms with van der Waals surface area (Å²) < 4.78 is 27.7. The van der Waals surface area contributed by atoms with Crippen molar-refractivity contribution in [3.05, 3.63) is 40.2 Å². The van der Waals surface area contributed by atoms with Crippen molar-refractivity contribution < 1.29 is 13.5 Å². The van der Waals surface area contributed by atoms with Crippen LogP contribution in [0.1, 0.15) is 28.1 Å². The first-order valence-electron chi connectivity index (χ1n) is 6.51. The molecule has 1 aromatic carbocycles. The topological polar surface area (TPSA) is 95.1 Å². The van der Waals surface area contributed by atoms with Gasteiger partial charge in [-0.05, 0) is 50.5 Å². The standard InChI is InChI=1S/C14H19N3O3S/c1-8-5-9(2)13(6-12(8)7-18)21(19,20)17-14-10(3)15-16-11(14)4/h5-6,17-18H,7H2,1-4H3,(H,15,16). The first-order chi connectivity index (χ1) is 9.76. The van der Waals surface area contributed by atoms with Crippen molar-refractivity contribution in [2.75, 3.05) is 4.72 Å². The largest absolute Gasteiger partial charge is 0.392 e. The number of sulfonamides is 1. The molecular formula is C14H19N3O3S. The average Bonchev–Trinajstić information content (AvgIpc) is 2.70. The summed E-state index contributed by atoms with van der Waals surface area (Å²) in [5.41, 5.74) is 3.80. The fraction of sp³-hybridized carbons (Fsp3) is 0.357. The zero-order chi connectivity index (χ0) is 15.8. The number of aromatic amines is 1. The van der Waals surface area contributed by atoms with Gasteiger partial charge in [0.05, 0.1) is 28.6 Å². The van der Waals surface area contributed by atoms with Crippen LogP contribution in [0.4, 0.5) is 5.69 Å². The molecule has 0 unspecified atom stereocenters. The number of aromatic nitrogens is 2. The second-order valence-electron chi connectivity index (χ2n) is 5.12. The molecule has 0 fully saturated rings. The number of aliphatic hydroxyl groups excluding tert-OH is 1. The van der Waals surface area contributed by atoms with E-state index in [2.05, 4.69) is 14.9 Å². The van der Waals surface area contributed by atoms with E-state index in [9.17, 15) is 13.5 Å². The molecule has 0 atom stereocenters. The quantitative estimate of drug-likeness (QED) is 0.804. The lowest BCUT2D eigenvalue weighted by molar-refractivity contribution is 0.280. The maximum atomic E-state index is 12.6. The third-order valence-electron chi connectivity index (χ3n) is 3.46. The summed E-state index contributed by atoms with van der Waals surface area (Å²) in [4.78, 5) is 0.164. The molecule has 0 aliphatic rings. The number of benzene rings is 1. The van der Waals surface area contributed by atoms with Gasteiger partial charge in [0.25, 0.3) is 10.0 Å². The zero-order valence-corrected chi connectivity index (χ0v) is 13.3.